The molecular weight excluding hydrogens is 262 g/mol. The minimum absolute atomic E-state index is 0.422. The molecule has 1 amide bonds. The van der Waals surface area contributed by atoms with Crippen LogP contribution < -0.4 is 0 Å². The van der Waals surface area contributed by atoms with Gasteiger partial charge in [0.25, 0.3) is 6.43 Å². The number of rotatable bonds is 6. The molecule has 0 bridgehead atoms. The average molecular weight is 276 g/mol. The van der Waals surface area contributed by atoms with E-state index in [4.69, 9.17) is 5.11 Å². The summed E-state index contributed by atoms with van der Waals surface area (Å²) in [5.74, 6) is -2.02. The molecule has 0 atom stereocenters. The van der Waals surface area contributed by atoms with E-state index in [9.17, 15) is 18.4 Å². The Bertz CT molecular complexity index is 471. The van der Waals surface area contributed by atoms with Crippen molar-refractivity contribution >= 4 is 11.9 Å². The van der Waals surface area contributed by atoms with Crippen LogP contribution in [0, 0.1) is 0 Å². The number of hydrogen-bond donors (Lipinski definition) is 1. The van der Waals surface area contributed by atoms with Gasteiger partial charge in [0.2, 0.25) is 5.91 Å². The van der Waals surface area contributed by atoms with Crippen molar-refractivity contribution in [1.29, 1.82) is 0 Å². The summed E-state index contributed by atoms with van der Waals surface area (Å²) in [6, 6.07) is 0. The SMILES string of the molecule is CCN(CC)C(=O)Cn1nnc(C(=O)O)c1C(F)F. The minimum atomic E-state index is -3.06. The Hall–Kier alpha value is -2.06. The lowest BCUT2D eigenvalue weighted by atomic mass is 10.3. The zero-order chi connectivity index (χ0) is 14.6. The molecule has 106 valence electrons. The van der Waals surface area contributed by atoms with Gasteiger partial charge in [0.15, 0.2) is 5.69 Å². The second-order valence-corrected chi connectivity index (χ2v) is 3.65. The van der Waals surface area contributed by atoms with Crippen molar-refractivity contribution in [3.63, 3.8) is 0 Å². The van der Waals surface area contributed by atoms with Crippen molar-refractivity contribution in [2.75, 3.05) is 13.1 Å². The van der Waals surface area contributed by atoms with Crippen molar-refractivity contribution in [2.45, 2.75) is 26.8 Å². The number of aromatic carboxylic acids is 1. The Morgan fingerprint density at radius 1 is 1.37 bits per heavy atom. The third kappa shape index (κ3) is 3.24. The maximum atomic E-state index is 12.8. The summed E-state index contributed by atoms with van der Waals surface area (Å²) in [6.45, 7) is 3.90. The van der Waals surface area contributed by atoms with Crippen LogP contribution in [0.1, 0.15) is 36.5 Å². The molecule has 0 aliphatic carbocycles. The highest BCUT2D eigenvalue weighted by molar-refractivity contribution is 5.86. The van der Waals surface area contributed by atoms with Gasteiger partial charge in [-0.2, -0.15) is 0 Å². The molecule has 0 saturated heterocycles. The molecule has 1 aromatic heterocycles. The molecule has 19 heavy (non-hydrogen) atoms. The van der Waals surface area contributed by atoms with Crippen LogP contribution in [0.15, 0.2) is 0 Å². The molecular formula is C10H14F2N4O3. The Labute approximate surface area is 107 Å². The van der Waals surface area contributed by atoms with Crippen LogP contribution in [0.25, 0.3) is 0 Å². The van der Waals surface area contributed by atoms with Gasteiger partial charge in [-0.25, -0.2) is 18.3 Å². The first kappa shape index (κ1) is 15.0. The fraction of sp³-hybridized carbons (Fsp3) is 0.600. The van der Waals surface area contributed by atoms with Crippen LogP contribution in [-0.4, -0.2) is 50.0 Å². The number of carboxylic acids is 1. The standard InChI is InChI=1S/C10H14F2N4O3/c1-3-15(4-2)6(17)5-16-8(9(11)12)7(10(18)19)13-14-16/h9H,3-5H2,1-2H3,(H,18,19). The highest BCUT2D eigenvalue weighted by atomic mass is 19.3. The molecule has 0 saturated carbocycles. The van der Waals surface area contributed by atoms with Gasteiger partial charge in [0.05, 0.1) is 0 Å². The van der Waals surface area contributed by atoms with E-state index in [2.05, 4.69) is 10.3 Å². The molecule has 0 aliphatic heterocycles. The van der Waals surface area contributed by atoms with Crippen molar-refractivity contribution in [1.82, 2.24) is 19.9 Å². The summed E-state index contributed by atoms with van der Waals surface area (Å²) in [5, 5.41) is 15.2. The van der Waals surface area contributed by atoms with Crippen LogP contribution >= 0.6 is 0 Å². The second-order valence-electron chi connectivity index (χ2n) is 3.65. The van der Waals surface area contributed by atoms with Crippen LogP contribution in [0.2, 0.25) is 0 Å². The molecule has 0 aliphatic rings. The quantitative estimate of drug-likeness (QED) is 0.829. The van der Waals surface area contributed by atoms with E-state index >= 15 is 0 Å². The van der Waals surface area contributed by atoms with Crippen molar-refractivity contribution in [3.8, 4) is 0 Å². The molecule has 1 heterocycles. The topological polar surface area (TPSA) is 88.3 Å². The number of likely N-dealkylation sites (N-methyl/N-ethyl adjacent to an activating group) is 1. The average Bonchev–Trinajstić information content (AvgIpc) is 2.74. The Balaban J connectivity index is 3.02. The molecule has 1 aromatic rings. The fourth-order valence-corrected chi connectivity index (χ4v) is 1.61. The number of aromatic nitrogens is 3. The van der Waals surface area contributed by atoms with E-state index in [1.165, 1.54) is 4.90 Å². The van der Waals surface area contributed by atoms with Crippen LogP contribution in [0.5, 0.6) is 0 Å². The summed E-state index contributed by atoms with van der Waals surface area (Å²) >= 11 is 0. The van der Waals surface area contributed by atoms with E-state index in [0.29, 0.717) is 17.8 Å². The van der Waals surface area contributed by atoms with Crippen molar-refractivity contribution in [3.05, 3.63) is 11.4 Å². The molecule has 0 radical (unpaired) electrons. The maximum Gasteiger partial charge on any atom is 0.358 e. The third-order valence-corrected chi connectivity index (χ3v) is 2.58. The number of nitrogens with zero attached hydrogens (tertiary/aromatic N) is 4. The molecule has 0 fully saturated rings. The fourth-order valence-electron chi connectivity index (χ4n) is 1.61. The number of carbonyl (C=O) groups is 2. The van der Waals surface area contributed by atoms with Gasteiger partial charge < -0.3 is 10.0 Å². The van der Waals surface area contributed by atoms with Crippen LogP contribution in [0.3, 0.4) is 0 Å². The number of carbonyl (C=O) groups excluding carboxylic acids is 1. The Morgan fingerprint density at radius 3 is 2.37 bits per heavy atom. The largest absolute Gasteiger partial charge is 0.476 e. The normalized spacial score (nSPS) is 10.8. The lowest BCUT2D eigenvalue weighted by Crippen LogP contribution is -2.34. The van der Waals surface area contributed by atoms with Crippen molar-refractivity contribution in [2.24, 2.45) is 0 Å². The summed E-state index contributed by atoms with van der Waals surface area (Å²) in [6.07, 6.45) is -3.06. The van der Waals surface area contributed by atoms with Crippen LogP contribution in [-0.2, 0) is 11.3 Å². The number of amides is 1. The first-order chi connectivity index (χ1) is 8.92. The van der Waals surface area contributed by atoms with E-state index < -0.39 is 36.2 Å². The number of alkyl halides is 2. The predicted octanol–water partition coefficient (Wildman–Crippen LogP) is 0.782. The molecule has 0 unspecified atom stereocenters. The lowest BCUT2D eigenvalue weighted by molar-refractivity contribution is -0.131. The van der Waals surface area contributed by atoms with Gasteiger partial charge in [0.1, 0.15) is 12.2 Å². The lowest BCUT2D eigenvalue weighted by Gasteiger charge is -2.18. The monoisotopic (exact) mass is 276 g/mol. The molecule has 7 nitrogen and oxygen atoms in total. The van der Waals surface area contributed by atoms with Crippen molar-refractivity contribution < 1.29 is 23.5 Å². The zero-order valence-corrected chi connectivity index (χ0v) is 10.5. The Kier molecular flexibility index (Phi) is 4.90. The van der Waals surface area contributed by atoms with Gasteiger partial charge >= 0.3 is 5.97 Å². The summed E-state index contributed by atoms with van der Waals surface area (Å²) in [7, 11) is 0. The molecule has 9 heteroatoms. The van der Waals surface area contributed by atoms with E-state index in [1.54, 1.807) is 13.8 Å². The molecule has 1 N–H and O–H groups in total. The van der Waals surface area contributed by atoms with E-state index in [0.717, 1.165) is 0 Å². The van der Waals surface area contributed by atoms with Gasteiger partial charge in [-0.3, -0.25) is 4.79 Å². The minimum Gasteiger partial charge on any atom is -0.476 e. The summed E-state index contributed by atoms with van der Waals surface area (Å²) in [5.41, 5.74) is -1.68. The maximum absolute atomic E-state index is 12.8. The summed E-state index contributed by atoms with van der Waals surface area (Å²) < 4.78 is 26.2. The van der Waals surface area contributed by atoms with Gasteiger partial charge in [-0.05, 0) is 13.8 Å². The first-order valence-corrected chi connectivity index (χ1v) is 5.64. The van der Waals surface area contributed by atoms with E-state index in [1.807, 2.05) is 0 Å². The zero-order valence-electron chi connectivity index (χ0n) is 10.5. The molecule has 1 rings (SSSR count). The smallest absolute Gasteiger partial charge is 0.358 e. The number of halogens is 2. The molecule has 0 spiro atoms. The highest BCUT2D eigenvalue weighted by Crippen LogP contribution is 2.21. The number of carboxylic acid groups (broad SMARTS) is 1. The summed E-state index contributed by atoms with van der Waals surface area (Å²) in [4.78, 5) is 23.9. The third-order valence-electron chi connectivity index (χ3n) is 2.58. The second kappa shape index (κ2) is 6.21. The van der Waals surface area contributed by atoms with Gasteiger partial charge in [0, 0.05) is 13.1 Å². The van der Waals surface area contributed by atoms with Gasteiger partial charge in [-0.1, -0.05) is 5.21 Å². The molecule has 0 aromatic carbocycles. The Morgan fingerprint density at radius 2 is 1.95 bits per heavy atom. The first-order valence-electron chi connectivity index (χ1n) is 5.64. The van der Waals surface area contributed by atoms with E-state index in [-0.39, 0.29) is 0 Å². The highest BCUT2D eigenvalue weighted by Gasteiger charge is 2.27. The van der Waals surface area contributed by atoms with Crippen LogP contribution in [0.4, 0.5) is 8.78 Å². The predicted molar refractivity (Wildman–Crippen MR) is 59.9 cm³/mol. The van der Waals surface area contributed by atoms with Gasteiger partial charge in [-0.15, -0.1) is 5.10 Å². The number of hydrogen-bond acceptors (Lipinski definition) is 4.